The van der Waals surface area contributed by atoms with Gasteiger partial charge in [0.1, 0.15) is 0 Å². The predicted molar refractivity (Wildman–Crippen MR) is 80.7 cm³/mol. The molecule has 116 valence electrons. The van der Waals surface area contributed by atoms with E-state index in [9.17, 15) is 4.79 Å². The van der Waals surface area contributed by atoms with Crippen molar-refractivity contribution >= 4 is 5.91 Å². The number of nitrogens with one attached hydrogen (secondary N) is 2. The van der Waals surface area contributed by atoms with Gasteiger partial charge >= 0.3 is 0 Å². The minimum atomic E-state index is 0.152. The summed E-state index contributed by atoms with van der Waals surface area (Å²) in [5.74, 6) is 0.152. The molecule has 0 aromatic rings. The third-order valence-electron chi connectivity index (χ3n) is 4.63. The van der Waals surface area contributed by atoms with Gasteiger partial charge in [-0.15, -0.1) is 0 Å². The fourth-order valence-electron chi connectivity index (χ4n) is 3.60. The topological polar surface area (TPSA) is 50.4 Å². The first-order valence-corrected chi connectivity index (χ1v) is 8.36. The number of piperidine rings is 1. The highest BCUT2D eigenvalue weighted by atomic mass is 16.5. The third-order valence-corrected chi connectivity index (χ3v) is 4.63. The van der Waals surface area contributed by atoms with E-state index in [4.69, 9.17) is 4.74 Å². The molecule has 2 fully saturated rings. The van der Waals surface area contributed by atoms with E-state index in [1.165, 1.54) is 32.1 Å². The Hall–Kier alpha value is -0.610. The van der Waals surface area contributed by atoms with Gasteiger partial charge in [0.15, 0.2) is 0 Å². The lowest BCUT2D eigenvalue weighted by atomic mass is 9.75. The van der Waals surface area contributed by atoms with Crippen LogP contribution in [0.25, 0.3) is 0 Å². The molecule has 20 heavy (non-hydrogen) atoms. The van der Waals surface area contributed by atoms with Crippen molar-refractivity contribution in [3.05, 3.63) is 0 Å². The van der Waals surface area contributed by atoms with E-state index in [1.807, 2.05) is 0 Å². The van der Waals surface area contributed by atoms with Crippen molar-refractivity contribution in [1.82, 2.24) is 10.6 Å². The monoisotopic (exact) mass is 282 g/mol. The third kappa shape index (κ3) is 4.74. The summed E-state index contributed by atoms with van der Waals surface area (Å²) in [5, 5.41) is 6.93. The first-order valence-electron chi connectivity index (χ1n) is 8.36. The van der Waals surface area contributed by atoms with E-state index in [0.29, 0.717) is 24.6 Å². The van der Waals surface area contributed by atoms with Crippen molar-refractivity contribution in [2.45, 2.75) is 76.3 Å². The summed E-state index contributed by atoms with van der Waals surface area (Å²) in [6, 6.07) is 0.355. The second kappa shape index (κ2) is 7.99. The van der Waals surface area contributed by atoms with Crippen molar-refractivity contribution in [2.24, 2.45) is 0 Å². The van der Waals surface area contributed by atoms with E-state index in [0.717, 1.165) is 32.4 Å². The smallest absolute Gasteiger partial charge is 0.222 e. The lowest BCUT2D eigenvalue weighted by Gasteiger charge is -2.44. The Morgan fingerprint density at radius 3 is 2.85 bits per heavy atom. The van der Waals surface area contributed by atoms with Gasteiger partial charge in [-0.25, -0.2) is 0 Å². The maximum atomic E-state index is 11.9. The van der Waals surface area contributed by atoms with Gasteiger partial charge in [0.2, 0.25) is 5.91 Å². The second-order valence-electron chi connectivity index (χ2n) is 6.39. The molecule has 1 saturated carbocycles. The fourth-order valence-corrected chi connectivity index (χ4v) is 3.60. The average Bonchev–Trinajstić information content (AvgIpc) is 2.44. The normalized spacial score (nSPS) is 25.6. The molecule has 1 heterocycles. The molecule has 0 aromatic carbocycles. The molecule has 0 aromatic heterocycles. The van der Waals surface area contributed by atoms with E-state index in [-0.39, 0.29) is 5.91 Å². The van der Waals surface area contributed by atoms with Gasteiger partial charge in [-0.1, -0.05) is 26.2 Å². The Morgan fingerprint density at radius 2 is 2.10 bits per heavy atom. The van der Waals surface area contributed by atoms with E-state index >= 15 is 0 Å². The number of hydrogen-bond donors (Lipinski definition) is 2. The minimum absolute atomic E-state index is 0.152. The molecule has 1 amide bonds. The van der Waals surface area contributed by atoms with Gasteiger partial charge in [0, 0.05) is 24.6 Å². The summed E-state index contributed by atoms with van der Waals surface area (Å²) in [6.07, 6.45) is 10.3. The highest BCUT2D eigenvalue weighted by Gasteiger charge is 2.37. The van der Waals surface area contributed by atoms with E-state index in [1.54, 1.807) is 0 Å². The van der Waals surface area contributed by atoms with Crippen LogP contribution in [0.2, 0.25) is 0 Å². The van der Waals surface area contributed by atoms with Gasteiger partial charge in [-0.05, 0) is 38.6 Å². The number of hydrogen-bond acceptors (Lipinski definition) is 3. The number of amides is 1. The Morgan fingerprint density at radius 1 is 1.30 bits per heavy atom. The molecule has 0 bridgehead atoms. The summed E-state index contributed by atoms with van der Waals surface area (Å²) in [6.45, 7) is 4.43. The van der Waals surface area contributed by atoms with Crippen LogP contribution >= 0.6 is 0 Å². The predicted octanol–water partition coefficient (Wildman–Crippen LogP) is 2.37. The number of carbonyl (C=O) groups excluding carboxylic acids is 1. The summed E-state index contributed by atoms with van der Waals surface area (Å²) in [5.41, 5.74) is 0.313. The van der Waals surface area contributed by atoms with Crippen LogP contribution in [0.5, 0.6) is 0 Å². The van der Waals surface area contributed by atoms with Crippen molar-refractivity contribution in [3.63, 3.8) is 0 Å². The molecule has 2 N–H and O–H groups in total. The maximum absolute atomic E-state index is 11.9. The number of carbonyl (C=O) groups is 1. The first-order chi connectivity index (χ1) is 9.74. The molecule has 1 spiro atoms. The van der Waals surface area contributed by atoms with Crippen LogP contribution in [0.4, 0.5) is 0 Å². The Bertz CT molecular complexity index is 295. The quantitative estimate of drug-likeness (QED) is 0.735. The molecule has 1 aliphatic carbocycles. The van der Waals surface area contributed by atoms with E-state index < -0.39 is 0 Å². The van der Waals surface area contributed by atoms with Crippen LogP contribution in [0.3, 0.4) is 0 Å². The molecular formula is C16H30N2O2. The summed E-state index contributed by atoms with van der Waals surface area (Å²) < 4.78 is 5.38. The zero-order valence-electron chi connectivity index (χ0n) is 12.9. The molecule has 4 heteroatoms. The zero-order chi connectivity index (χ0) is 14.3. The van der Waals surface area contributed by atoms with E-state index in [2.05, 4.69) is 17.6 Å². The van der Waals surface area contributed by atoms with Gasteiger partial charge in [0.05, 0.1) is 6.61 Å². The van der Waals surface area contributed by atoms with Gasteiger partial charge in [-0.3, -0.25) is 4.79 Å². The largest absolute Gasteiger partial charge is 0.381 e. The van der Waals surface area contributed by atoms with Crippen LogP contribution in [-0.2, 0) is 9.53 Å². The van der Waals surface area contributed by atoms with Gasteiger partial charge in [0.25, 0.3) is 0 Å². The zero-order valence-corrected chi connectivity index (χ0v) is 12.9. The molecule has 0 radical (unpaired) electrons. The Balaban J connectivity index is 1.70. The van der Waals surface area contributed by atoms with Crippen LogP contribution in [-0.4, -0.2) is 37.2 Å². The fraction of sp³-hybridized carbons (Fsp3) is 0.938. The summed E-state index contributed by atoms with van der Waals surface area (Å²) in [7, 11) is 0. The van der Waals surface area contributed by atoms with Crippen LogP contribution < -0.4 is 10.6 Å². The first kappa shape index (κ1) is 15.8. The summed E-state index contributed by atoms with van der Waals surface area (Å²) >= 11 is 0. The summed E-state index contributed by atoms with van der Waals surface area (Å²) in [4.78, 5) is 11.9. The minimum Gasteiger partial charge on any atom is -0.381 e. The van der Waals surface area contributed by atoms with Gasteiger partial charge in [-0.2, -0.15) is 0 Å². The number of ether oxygens (including phenoxy) is 1. The van der Waals surface area contributed by atoms with Crippen LogP contribution in [0.15, 0.2) is 0 Å². The SMILES string of the molecule is CCCOCCC(=O)NC1CCNC2(CCCCC2)C1. The lowest BCUT2D eigenvalue weighted by Crippen LogP contribution is -2.57. The maximum Gasteiger partial charge on any atom is 0.222 e. The standard InChI is InChI=1S/C16H30N2O2/c1-2-11-20-12-7-15(19)18-14-6-10-17-16(13-14)8-4-3-5-9-16/h14,17H,2-13H2,1H3,(H,18,19). The molecule has 2 aliphatic rings. The van der Waals surface area contributed by atoms with Crippen molar-refractivity contribution in [1.29, 1.82) is 0 Å². The highest BCUT2D eigenvalue weighted by Crippen LogP contribution is 2.34. The van der Waals surface area contributed by atoms with Crippen molar-refractivity contribution < 1.29 is 9.53 Å². The number of rotatable bonds is 6. The molecule has 1 atom stereocenters. The lowest BCUT2D eigenvalue weighted by molar-refractivity contribution is -0.123. The second-order valence-corrected chi connectivity index (χ2v) is 6.39. The van der Waals surface area contributed by atoms with Gasteiger partial charge < -0.3 is 15.4 Å². The molecule has 1 unspecified atom stereocenters. The molecule has 2 rings (SSSR count). The Kier molecular flexibility index (Phi) is 6.30. The van der Waals surface area contributed by atoms with Crippen LogP contribution in [0.1, 0.15) is 64.7 Å². The van der Waals surface area contributed by atoms with Crippen LogP contribution in [0, 0.1) is 0 Å². The average molecular weight is 282 g/mol. The van der Waals surface area contributed by atoms with Crippen molar-refractivity contribution in [2.75, 3.05) is 19.8 Å². The Labute approximate surface area is 123 Å². The molecule has 1 aliphatic heterocycles. The highest BCUT2D eigenvalue weighted by molar-refractivity contribution is 5.76. The van der Waals surface area contributed by atoms with Crippen molar-refractivity contribution in [3.8, 4) is 0 Å². The molecule has 1 saturated heterocycles. The molecular weight excluding hydrogens is 252 g/mol. The molecule has 4 nitrogen and oxygen atoms in total.